The van der Waals surface area contributed by atoms with E-state index in [9.17, 15) is 10.5 Å². The molecule has 7 rings (SSSR count). The predicted molar refractivity (Wildman–Crippen MR) is 157 cm³/mol. The third-order valence-corrected chi connectivity index (χ3v) is 7.18. The van der Waals surface area contributed by atoms with Crippen LogP contribution in [0.5, 0.6) is 0 Å². The number of azo groups is 2. The number of nitrogens with one attached hydrogen (secondary N) is 2. The molecule has 20 nitrogen and oxygen atoms in total. The van der Waals surface area contributed by atoms with E-state index in [2.05, 4.69) is 83.4 Å². The van der Waals surface area contributed by atoms with E-state index in [1.807, 2.05) is 0 Å². The fourth-order valence-corrected chi connectivity index (χ4v) is 4.87. The highest BCUT2D eigenvalue weighted by atomic mass is 15.4. The van der Waals surface area contributed by atoms with E-state index in [-0.39, 0.29) is 34.4 Å². The first kappa shape index (κ1) is 27.8. The van der Waals surface area contributed by atoms with Crippen LogP contribution in [0, 0.1) is 64.2 Å². The molecule has 0 aliphatic rings. The Labute approximate surface area is 257 Å². The molecule has 0 fully saturated rings. The van der Waals surface area contributed by atoms with Gasteiger partial charge in [-0.2, -0.15) is 59.5 Å². The lowest BCUT2D eigenvalue weighted by Gasteiger charge is -2.06. The molecule has 7 aromatic rings. The van der Waals surface area contributed by atoms with Crippen LogP contribution in [0.25, 0.3) is 22.9 Å². The van der Waals surface area contributed by atoms with Gasteiger partial charge in [0, 0.05) is 6.07 Å². The molecule has 0 unspecified atom stereocenters. The van der Waals surface area contributed by atoms with Crippen LogP contribution in [0.1, 0.15) is 45.6 Å². The number of nitrogens with zero attached hydrogens (tertiary/aromatic N) is 18. The zero-order valence-corrected chi connectivity index (χ0v) is 25.2. The number of rotatable bonds is 6. The van der Waals surface area contributed by atoms with E-state index in [1.165, 1.54) is 15.7 Å². The SMILES string of the molecule is Cc1nn(-c2cc(-n3nc(C)c(C#N)c3N=Nc3c(C)nn4c(C)n[nH]c34)ncn2)c(N=Nc2c(C)nn3c(C)n[nH]c23)c1C#N. The summed E-state index contributed by atoms with van der Waals surface area (Å²) in [5, 5.41) is 69.5. The van der Waals surface area contributed by atoms with E-state index in [0.29, 0.717) is 57.1 Å². The number of nitriles is 2. The van der Waals surface area contributed by atoms with Crippen molar-refractivity contribution in [1.29, 1.82) is 10.5 Å². The molecule has 0 atom stereocenters. The molecule has 0 bridgehead atoms. The minimum absolute atomic E-state index is 0.143. The third-order valence-electron chi connectivity index (χ3n) is 7.18. The monoisotopic (exact) mass is 614 g/mol. The highest BCUT2D eigenvalue weighted by molar-refractivity contribution is 5.67. The van der Waals surface area contributed by atoms with E-state index in [0.717, 1.165) is 0 Å². The molecule has 7 heterocycles. The first-order valence-corrected chi connectivity index (χ1v) is 13.7. The van der Waals surface area contributed by atoms with E-state index in [4.69, 9.17) is 0 Å². The molecule has 0 aromatic carbocycles. The van der Waals surface area contributed by atoms with Crippen LogP contribution in [-0.2, 0) is 0 Å². The molecule has 0 amide bonds. The highest BCUT2D eigenvalue weighted by Gasteiger charge is 2.22. The third kappa shape index (κ3) is 4.20. The van der Waals surface area contributed by atoms with Gasteiger partial charge in [0.15, 0.2) is 45.9 Å². The van der Waals surface area contributed by atoms with Crippen LogP contribution in [0.3, 0.4) is 0 Å². The number of fused-ring (bicyclic) bond motifs is 2. The smallest absolute Gasteiger partial charge is 0.197 e. The lowest BCUT2D eigenvalue weighted by molar-refractivity contribution is 0.788. The van der Waals surface area contributed by atoms with Gasteiger partial charge in [0.05, 0.1) is 22.8 Å². The second-order valence-electron chi connectivity index (χ2n) is 10.2. The van der Waals surface area contributed by atoms with Crippen molar-refractivity contribution in [3.8, 4) is 23.8 Å². The van der Waals surface area contributed by atoms with E-state index < -0.39 is 0 Å². The summed E-state index contributed by atoms with van der Waals surface area (Å²) in [5.41, 5.74) is 4.51. The lowest BCUT2D eigenvalue weighted by atomic mass is 10.3. The summed E-state index contributed by atoms with van der Waals surface area (Å²) in [4.78, 5) is 8.75. The molecule has 0 aliphatic carbocycles. The van der Waals surface area contributed by atoms with Gasteiger partial charge in [0.25, 0.3) is 0 Å². The van der Waals surface area contributed by atoms with Crippen molar-refractivity contribution in [2.45, 2.75) is 41.5 Å². The van der Waals surface area contributed by atoms with Crippen molar-refractivity contribution in [2.75, 3.05) is 0 Å². The Balaban J connectivity index is 1.32. The van der Waals surface area contributed by atoms with Gasteiger partial charge in [0.2, 0.25) is 0 Å². The Kier molecular flexibility index (Phi) is 6.26. The molecular weight excluding hydrogens is 592 g/mol. The standard InChI is InChI=1S/C26H22N20/c1-11-17(8-27)23(35-33-21-13(3)41-43-15(5)31-37-25(21)43)45(39-11)19-7-20(30-10-29-19)46-24(18(9-28)12(2)40-46)36-34-22-14(4)42-44-16(6)32-38-26(22)44/h7,10,37-38H,1-6H3. The molecule has 0 aliphatic heterocycles. The number of hydrogen-bond acceptors (Lipinski definition) is 14. The second-order valence-corrected chi connectivity index (χ2v) is 10.2. The van der Waals surface area contributed by atoms with Crippen LogP contribution in [0.2, 0.25) is 0 Å². The van der Waals surface area contributed by atoms with Gasteiger partial charge < -0.3 is 0 Å². The van der Waals surface area contributed by atoms with Gasteiger partial charge in [0.1, 0.15) is 41.2 Å². The van der Waals surface area contributed by atoms with Crippen molar-refractivity contribution < 1.29 is 0 Å². The summed E-state index contributed by atoms with van der Waals surface area (Å²) in [7, 11) is 0. The zero-order valence-electron chi connectivity index (χ0n) is 25.2. The molecule has 2 N–H and O–H groups in total. The normalized spacial score (nSPS) is 11.9. The first-order valence-electron chi connectivity index (χ1n) is 13.7. The van der Waals surface area contributed by atoms with Crippen LogP contribution < -0.4 is 0 Å². The van der Waals surface area contributed by atoms with Crippen molar-refractivity contribution in [3.63, 3.8) is 0 Å². The first-order chi connectivity index (χ1) is 22.2. The maximum Gasteiger partial charge on any atom is 0.197 e. The minimum atomic E-state index is 0.143. The second kappa shape index (κ2) is 10.3. The Morgan fingerprint density at radius 1 is 0.609 bits per heavy atom. The van der Waals surface area contributed by atoms with Crippen molar-refractivity contribution in [2.24, 2.45) is 20.5 Å². The molecule has 226 valence electrons. The van der Waals surface area contributed by atoms with Crippen molar-refractivity contribution in [1.82, 2.24) is 69.2 Å². The topological polar surface area (TPSA) is 250 Å². The zero-order chi connectivity index (χ0) is 32.3. The fourth-order valence-electron chi connectivity index (χ4n) is 4.87. The molecule has 0 saturated carbocycles. The summed E-state index contributed by atoms with van der Waals surface area (Å²) < 4.78 is 6.01. The molecule has 7 aromatic heterocycles. The molecule has 0 spiro atoms. The summed E-state index contributed by atoms with van der Waals surface area (Å²) >= 11 is 0. The summed E-state index contributed by atoms with van der Waals surface area (Å²) in [6.07, 6.45) is 1.30. The Bertz CT molecular complexity index is 2300. The number of H-pyrrole nitrogens is 2. The van der Waals surface area contributed by atoms with E-state index in [1.54, 1.807) is 56.6 Å². The van der Waals surface area contributed by atoms with Gasteiger partial charge in [-0.1, -0.05) is 0 Å². The van der Waals surface area contributed by atoms with Crippen LogP contribution in [0.15, 0.2) is 32.9 Å². The molecule has 46 heavy (non-hydrogen) atoms. The fraction of sp³-hybridized carbons (Fsp3) is 0.231. The maximum absolute atomic E-state index is 9.95. The number of aromatic amines is 2. The lowest BCUT2D eigenvalue weighted by Crippen LogP contribution is -2.05. The summed E-state index contributed by atoms with van der Waals surface area (Å²) in [5.74, 6) is 2.12. The largest absolute Gasteiger partial charge is 0.258 e. The molecular formula is C26H22N20. The highest BCUT2D eigenvalue weighted by Crippen LogP contribution is 2.32. The molecule has 0 saturated heterocycles. The minimum Gasteiger partial charge on any atom is -0.258 e. The van der Waals surface area contributed by atoms with Crippen LogP contribution in [0.4, 0.5) is 23.0 Å². The summed E-state index contributed by atoms with van der Waals surface area (Å²) in [6, 6.07) is 5.86. The predicted octanol–water partition coefficient (Wildman–Crippen LogP) is 4.01. The van der Waals surface area contributed by atoms with Gasteiger partial charge in [-0.3, -0.25) is 10.2 Å². The number of hydrogen-bond donors (Lipinski definition) is 2. The average molecular weight is 615 g/mol. The average Bonchev–Trinajstić information content (AvgIpc) is 3.87. The molecule has 20 heteroatoms. The number of aryl methyl sites for hydroxylation is 6. The molecule has 0 radical (unpaired) electrons. The summed E-state index contributed by atoms with van der Waals surface area (Å²) in [6.45, 7) is 10.6. The van der Waals surface area contributed by atoms with E-state index >= 15 is 0 Å². The Hall–Kier alpha value is -6.96. The quantitative estimate of drug-likeness (QED) is 0.254. The maximum atomic E-state index is 9.95. The number of aromatic nitrogens is 14. The van der Waals surface area contributed by atoms with Gasteiger partial charge in [-0.15, -0.1) is 20.5 Å². The van der Waals surface area contributed by atoms with Gasteiger partial charge in [-0.25, -0.2) is 9.97 Å². The van der Waals surface area contributed by atoms with Gasteiger partial charge in [-0.05, 0) is 41.5 Å². The Morgan fingerprint density at radius 3 is 1.46 bits per heavy atom. The van der Waals surface area contributed by atoms with Crippen LogP contribution in [-0.4, -0.2) is 69.2 Å². The van der Waals surface area contributed by atoms with Crippen molar-refractivity contribution in [3.05, 3.63) is 57.9 Å². The Morgan fingerprint density at radius 2 is 1.04 bits per heavy atom. The van der Waals surface area contributed by atoms with Crippen LogP contribution >= 0.6 is 0 Å². The van der Waals surface area contributed by atoms with Gasteiger partial charge >= 0.3 is 0 Å². The van der Waals surface area contributed by atoms with Crippen molar-refractivity contribution >= 4 is 34.3 Å².